The highest BCUT2D eigenvalue weighted by Gasteiger charge is 2.19. The van der Waals surface area contributed by atoms with Gasteiger partial charge in [0.2, 0.25) is 11.0 Å². The second-order valence-electron chi connectivity index (χ2n) is 5.83. The minimum Gasteiger partial charge on any atom is -0.374 e. The van der Waals surface area contributed by atoms with Crippen LogP contribution in [0.1, 0.15) is 34.0 Å². The van der Waals surface area contributed by atoms with Crippen molar-refractivity contribution in [3.05, 3.63) is 76.3 Å². The topological polar surface area (TPSA) is 80.9 Å². The highest BCUT2D eigenvalue weighted by atomic mass is 32.1. The summed E-state index contributed by atoms with van der Waals surface area (Å²) in [6.45, 7) is 2.43. The summed E-state index contributed by atoms with van der Waals surface area (Å²) in [7, 11) is 0. The second-order valence-corrected chi connectivity index (χ2v) is 6.93. The van der Waals surface area contributed by atoms with Crippen LogP contribution in [0.3, 0.4) is 0 Å². The van der Waals surface area contributed by atoms with Crippen molar-refractivity contribution < 1.29 is 4.79 Å². The summed E-state index contributed by atoms with van der Waals surface area (Å²) in [6, 6.07) is 18.3. The summed E-state index contributed by atoms with van der Waals surface area (Å²) in [5, 5.41) is 11.7. The molecule has 0 bridgehead atoms. The lowest BCUT2D eigenvalue weighted by Gasteiger charge is -2.19. The number of hydrogen-bond acceptors (Lipinski definition) is 5. The zero-order valence-corrected chi connectivity index (χ0v) is 14.8. The molecule has 0 aliphatic carbocycles. The molecule has 128 valence electrons. The van der Waals surface area contributed by atoms with Crippen LogP contribution in [-0.2, 0) is 11.3 Å². The first-order valence-electron chi connectivity index (χ1n) is 8.08. The van der Waals surface area contributed by atoms with E-state index in [-0.39, 0.29) is 11.8 Å². The molecule has 25 heavy (non-hydrogen) atoms. The Hall–Kier alpha value is -2.73. The van der Waals surface area contributed by atoms with Crippen LogP contribution in [0.2, 0.25) is 0 Å². The lowest BCUT2D eigenvalue weighted by Crippen LogP contribution is -2.25. The number of nitrogen functional groups attached to an aromatic ring is 1. The monoisotopic (exact) mass is 352 g/mol. The van der Waals surface area contributed by atoms with Gasteiger partial charge >= 0.3 is 0 Å². The number of amides is 1. The van der Waals surface area contributed by atoms with Gasteiger partial charge in [0.1, 0.15) is 5.01 Å². The van der Waals surface area contributed by atoms with Crippen LogP contribution in [-0.4, -0.2) is 16.1 Å². The smallest absolute Gasteiger partial charge is 0.221 e. The van der Waals surface area contributed by atoms with Gasteiger partial charge in [0.25, 0.3) is 0 Å². The molecule has 1 atom stereocenters. The molecule has 6 heteroatoms. The van der Waals surface area contributed by atoms with Crippen LogP contribution >= 0.6 is 11.3 Å². The third kappa shape index (κ3) is 4.42. The maximum atomic E-state index is 12.5. The Bertz CT molecular complexity index is 847. The van der Waals surface area contributed by atoms with Crippen molar-refractivity contribution in [1.82, 2.24) is 15.5 Å². The minimum atomic E-state index is -0.0223. The van der Waals surface area contributed by atoms with E-state index in [4.69, 9.17) is 5.73 Å². The summed E-state index contributed by atoms with van der Waals surface area (Å²) < 4.78 is 0. The minimum absolute atomic E-state index is 0.0156. The fourth-order valence-electron chi connectivity index (χ4n) is 2.84. The Balaban J connectivity index is 1.76. The van der Waals surface area contributed by atoms with Gasteiger partial charge in [-0.15, -0.1) is 10.2 Å². The van der Waals surface area contributed by atoms with Crippen molar-refractivity contribution in [2.24, 2.45) is 0 Å². The first kappa shape index (κ1) is 17.1. The van der Waals surface area contributed by atoms with Gasteiger partial charge < -0.3 is 11.1 Å². The predicted molar refractivity (Wildman–Crippen MR) is 100 cm³/mol. The Morgan fingerprint density at radius 2 is 1.84 bits per heavy atom. The standard InChI is InChI=1S/C19H20N4OS/c1-13-7-5-6-10-15(13)16(14-8-3-2-4-9-14)11-17(24)21-12-18-22-23-19(20)25-18/h2-10,16H,11-12H2,1H3,(H2,20,23)(H,21,24)/t16-/m1/s1. The number of nitrogens with zero attached hydrogens (tertiary/aromatic N) is 2. The van der Waals surface area contributed by atoms with Crippen LogP contribution in [0.4, 0.5) is 5.13 Å². The van der Waals surface area contributed by atoms with Gasteiger partial charge in [-0.1, -0.05) is 65.9 Å². The molecule has 0 spiro atoms. The first-order chi connectivity index (χ1) is 12.1. The maximum absolute atomic E-state index is 12.5. The molecule has 0 saturated carbocycles. The van der Waals surface area contributed by atoms with E-state index < -0.39 is 0 Å². The lowest BCUT2D eigenvalue weighted by molar-refractivity contribution is -0.121. The number of anilines is 1. The molecule has 3 aromatic rings. The molecule has 1 heterocycles. The molecule has 2 aromatic carbocycles. The predicted octanol–water partition coefficient (Wildman–Crippen LogP) is 3.27. The van der Waals surface area contributed by atoms with Crippen LogP contribution in [0, 0.1) is 6.92 Å². The summed E-state index contributed by atoms with van der Waals surface area (Å²) in [4.78, 5) is 12.5. The third-order valence-electron chi connectivity index (χ3n) is 4.07. The first-order valence-corrected chi connectivity index (χ1v) is 8.90. The highest BCUT2D eigenvalue weighted by Crippen LogP contribution is 2.30. The number of benzene rings is 2. The third-order valence-corrected chi connectivity index (χ3v) is 4.83. The summed E-state index contributed by atoms with van der Waals surface area (Å²) in [6.07, 6.45) is 0.378. The number of aromatic nitrogens is 2. The zero-order valence-electron chi connectivity index (χ0n) is 14.0. The molecule has 0 unspecified atom stereocenters. The zero-order chi connectivity index (χ0) is 17.6. The van der Waals surface area contributed by atoms with Crippen molar-refractivity contribution in [2.75, 3.05) is 5.73 Å². The Morgan fingerprint density at radius 1 is 1.12 bits per heavy atom. The average Bonchev–Trinajstić information content (AvgIpc) is 3.05. The van der Waals surface area contributed by atoms with Crippen molar-refractivity contribution in [2.45, 2.75) is 25.8 Å². The fourth-order valence-corrected chi connectivity index (χ4v) is 3.39. The van der Waals surface area contributed by atoms with Crippen molar-refractivity contribution in [3.8, 4) is 0 Å². The number of nitrogens with two attached hydrogens (primary N) is 1. The largest absolute Gasteiger partial charge is 0.374 e. The molecule has 1 amide bonds. The van der Waals surface area contributed by atoms with Crippen molar-refractivity contribution >= 4 is 22.4 Å². The highest BCUT2D eigenvalue weighted by molar-refractivity contribution is 7.15. The van der Waals surface area contributed by atoms with E-state index in [1.54, 1.807) is 0 Å². The van der Waals surface area contributed by atoms with E-state index in [9.17, 15) is 4.79 Å². The lowest BCUT2D eigenvalue weighted by atomic mass is 9.86. The molecule has 3 rings (SSSR count). The van der Waals surface area contributed by atoms with Crippen molar-refractivity contribution in [1.29, 1.82) is 0 Å². The summed E-state index contributed by atoms with van der Waals surface area (Å²) in [5.41, 5.74) is 9.05. The molecule has 0 aliphatic heterocycles. The molecular formula is C19H20N4OS. The molecule has 5 nitrogen and oxygen atoms in total. The summed E-state index contributed by atoms with van der Waals surface area (Å²) >= 11 is 1.28. The molecular weight excluding hydrogens is 332 g/mol. The van der Waals surface area contributed by atoms with E-state index in [2.05, 4.69) is 46.7 Å². The molecule has 1 aromatic heterocycles. The van der Waals surface area contributed by atoms with E-state index in [1.807, 2.05) is 30.3 Å². The quantitative estimate of drug-likeness (QED) is 0.713. The number of carbonyl (C=O) groups excluding carboxylic acids is 1. The van der Waals surface area contributed by atoms with Gasteiger partial charge in [0.05, 0.1) is 6.54 Å². The van der Waals surface area contributed by atoms with Gasteiger partial charge in [-0.2, -0.15) is 0 Å². The van der Waals surface area contributed by atoms with E-state index in [1.165, 1.54) is 22.5 Å². The van der Waals surface area contributed by atoms with Crippen LogP contribution in [0.5, 0.6) is 0 Å². The van der Waals surface area contributed by atoms with Gasteiger partial charge in [-0.25, -0.2) is 0 Å². The Kier molecular flexibility index (Phi) is 5.40. The number of aryl methyl sites for hydroxylation is 1. The Labute approximate surface area is 150 Å². The number of carbonyl (C=O) groups is 1. The van der Waals surface area contributed by atoms with E-state index in [0.717, 1.165) is 5.56 Å². The molecule has 0 fully saturated rings. The molecule has 0 aliphatic rings. The van der Waals surface area contributed by atoms with Crippen LogP contribution < -0.4 is 11.1 Å². The Morgan fingerprint density at radius 3 is 2.52 bits per heavy atom. The number of rotatable bonds is 6. The summed E-state index contributed by atoms with van der Waals surface area (Å²) in [5.74, 6) is -0.00670. The van der Waals surface area contributed by atoms with Crippen LogP contribution in [0.25, 0.3) is 0 Å². The number of hydrogen-bond donors (Lipinski definition) is 2. The SMILES string of the molecule is Cc1ccccc1[C@H](CC(=O)NCc1nnc(N)s1)c1ccccc1. The van der Waals surface area contributed by atoms with Gasteiger partial charge in [-0.3, -0.25) is 4.79 Å². The average molecular weight is 352 g/mol. The van der Waals surface area contributed by atoms with Crippen LogP contribution in [0.15, 0.2) is 54.6 Å². The maximum Gasteiger partial charge on any atom is 0.221 e. The normalized spacial score (nSPS) is 11.9. The van der Waals surface area contributed by atoms with E-state index >= 15 is 0 Å². The van der Waals surface area contributed by atoms with Crippen molar-refractivity contribution in [3.63, 3.8) is 0 Å². The molecule has 0 radical (unpaired) electrons. The molecule has 3 N–H and O–H groups in total. The van der Waals surface area contributed by atoms with Gasteiger partial charge in [-0.05, 0) is 23.6 Å². The fraction of sp³-hybridized carbons (Fsp3) is 0.211. The van der Waals surface area contributed by atoms with Gasteiger partial charge in [0, 0.05) is 12.3 Å². The second kappa shape index (κ2) is 7.90. The molecule has 0 saturated heterocycles. The van der Waals surface area contributed by atoms with Gasteiger partial charge in [0.15, 0.2) is 0 Å². The van der Waals surface area contributed by atoms with E-state index in [0.29, 0.717) is 23.1 Å². The number of nitrogens with one attached hydrogen (secondary N) is 1.